The largest absolute Gasteiger partial charge is 0.477 e. The Balaban J connectivity index is 0.00000114. The molecular formula is C18H19N5O8S. The van der Waals surface area contributed by atoms with Gasteiger partial charge in [-0.05, 0) is 12.1 Å². The Morgan fingerprint density at radius 2 is 2.19 bits per heavy atom. The number of β-lactam (4-membered cyclic amide) rings is 1. The van der Waals surface area contributed by atoms with Crippen LogP contribution in [-0.4, -0.2) is 70.5 Å². The van der Waals surface area contributed by atoms with Crippen molar-refractivity contribution < 1.29 is 38.3 Å². The summed E-state index contributed by atoms with van der Waals surface area (Å²) in [7, 11) is 1.25. The molecule has 0 aromatic carbocycles. The predicted octanol–water partition coefficient (Wildman–Crippen LogP) is -0.00612. The number of nitrogens with zero attached hydrogens (tertiary/aromatic N) is 3. The highest BCUT2D eigenvalue weighted by Crippen LogP contribution is 2.40. The van der Waals surface area contributed by atoms with Crippen molar-refractivity contribution in [3.63, 3.8) is 0 Å². The number of hydrogen-bond acceptors (Lipinski definition) is 10. The molecular weight excluding hydrogens is 446 g/mol. The molecule has 2 unspecified atom stereocenters. The normalized spacial score (nSPS) is 19.5. The number of nitriles is 1. The molecule has 14 heteroatoms. The van der Waals surface area contributed by atoms with Crippen molar-refractivity contribution in [3.05, 3.63) is 35.4 Å². The van der Waals surface area contributed by atoms with Crippen molar-refractivity contribution in [2.75, 3.05) is 19.5 Å². The Morgan fingerprint density at radius 1 is 1.50 bits per heavy atom. The Labute approximate surface area is 185 Å². The molecule has 1 aromatic heterocycles. The van der Waals surface area contributed by atoms with Gasteiger partial charge < -0.3 is 30.1 Å². The zero-order valence-corrected chi connectivity index (χ0v) is 17.7. The molecule has 3 heterocycles. The quantitative estimate of drug-likeness (QED) is 0.280. The summed E-state index contributed by atoms with van der Waals surface area (Å²) >= 11 is 1.21. The standard InChI is InChI=1S/C16H16N4O8S.C2H3N/c1-26-19-9(8-3-2-4-27-8)12(21)18-10-13(22)20-11(15(23)24)7(5-28-16(17)25)6-29-14(10)20;1-2-3/h2-4,10,14H,5-6H2,1H3,(H2,17,25)(H,18,21)(H,23,24);1H3/b19-9-;. The van der Waals surface area contributed by atoms with Crippen LogP contribution in [0.1, 0.15) is 12.7 Å². The number of carbonyl (C=O) groups is 4. The molecule has 0 spiro atoms. The van der Waals surface area contributed by atoms with Crippen molar-refractivity contribution in [1.29, 1.82) is 5.26 Å². The minimum Gasteiger partial charge on any atom is -0.477 e. The summed E-state index contributed by atoms with van der Waals surface area (Å²) in [5.41, 5.74) is 4.68. The van der Waals surface area contributed by atoms with Crippen molar-refractivity contribution in [2.45, 2.75) is 18.3 Å². The number of rotatable bonds is 7. The third-order valence-corrected chi connectivity index (χ3v) is 5.42. The van der Waals surface area contributed by atoms with Gasteiger partial charge in [-0.1, -0.05) is 5.16 Å². The van der Waals surface area contributed by atoms with Crippen molar-refractivity contribution >= 4 is 41.4 Å². The van der Waals surface area contributed by atoms with Gasteiger partial charge in [0.2, 0.25) is 5.71 Å². The molecule has 2 aliphatic heterocycles. The van der Waals surface area contributed by atoms with Gasteiger partial charge in [0.25, 0.3) is 11.8 Å². The third-order valence-electron chi connectivity index (χ3n) is 4.08. The molecule has 1 aromatic rings. The molecule has 0 bridgehead atoms. The molecule has 3 amide bonds. The fraction of sp³-hybridized carbons (Fsp3) is 0.333. The molecule has 13 nitrogen and oxygen atoms in total. The van der Waals surface area contributed by atoms with E-state index in [9.17, 15) is 24.3 Å². The summed E-state index contributed by atoms with van der Waals surface area (Å²) in [6.45, 7) is 1.08. The zero-order valence-electron chi connectivity index (χ0n) is 16.9. The average Bonchev–Trinajstić information content (AvgIpc) is 3.28. The van der Waals surface area contributed by atoms with Gasteiger partial charge in [-0.15, -0.1) is 11.8 Å². The molecule has 4 N–H and O–H groups in total. The van der Waals surface area contributed by atoms with Crippen LogP contribution in [0.4, 0.5) is 4.79 Å². The van der Waals surface area contributed by atoms with Crippen LogP contribution in [0.2, 0.25) is 0 Å². The van der Waals surface area contributed by atoms with Gasteiger partial charge in [0, 0.05) is 18.2 Å². The van der Waals surface area contributed by atoms with Crippen LogP contribution in [0.3, 0.4) is 0 Å². The first kappa shape index (κ1) is 24.3. The van der Waals surface area contributed by atoms with E-state index in [1.54, 1.807) is 12.1 Å². The van der Waals surface area contributed by atoms with Gasteiger partial charge in [-0.25, -0.2) is 9.59 Å². The Hall–Kier alpha value is -3.99. The highest BCUT2D eigenvalue weighted by Gasteiger charge is 2.54. The summed E-state index contributed by atoms with van der Waals surface area (Å²) in [6, 6.07) is 3.83. The number of ether oxygens (including phenoxy) is 1. The predicted molar refractivity (Wildman–Crippen MR) is 109 cm³/mol. The summed E-state index contributed by atoms with van der Waals surface area (Å²) in [5, 5.41) is 22.3. The maximum Gasteiger partial charge on any atom is 0.404 e. The second-order valence-corrected chi connectivity index (χ2v) is 7.15. The molecule has 1 fully saturated rings. The highest BCUT2D eigenvalue weighted by molar-refractivity contribution is 8.00. The Kier molecular flexibility index (Phi) is 8.24. The number of amides is 3. The van der Waals surface area contributed by atoms with E-state index in [0.717, 1.165) is 4.90 Å². The van der Waals surface area contributed by atoms with Gasteiger partial charge in [0.05, 0.1) is 12.3 Å². The molecule has 0 saturated carbocycles. The smallest absolute Gasteiger partial charge is 0.404 e. The van der Waals surface area contributed by atoms with Gasteiger partial charge in [0.15, 0.2) is 5.76 Å². The minimum atomic E-state index is -1.35. The van der Waals surface area contributed by atoms with E-state index < -0.39 is 35.3 Å². The maximum absolute atomic E-state index is 12.6. The van der Waals surface area contributed by atoms with Crippen LogP contribution in [0.15, 0.2) is 39.2 Å². The molecule has 170 valence electrons. The Bertz CT molecular complexity index is 998. The zero-order chi connectivity index (χ0) is 23.8. The van der Waals surface area contributed by atoms with Gasteiger partial charge in [-0.3, -0.25) is 14.5 Å². The minimum absolute atomic E-state index is 0.140. The monoisotopic (exact) mass is 465 g/mol. The first-order valence-corrected chi connectivity index (χ1v) is 9.90. The van der Waals surface area contributed by atoms with Crippen LogP contribution in [0.5, 0.6) is 0 Å². The summed E-state index contributed by atoms with van der Waals surface area (Å²) in [5.74, 6) is -2.38. The fourth-order valence-electron chi connectivity index (χ4n) is 2.87. The lowest BCUT2D eigenvalue weighted by Crippen LogP contribution is -2.71. The van der Waals surface area contributed by atoms with E-state index in [1.165, 1.54) is 38.1 Å². The average molecular weight is 465 g/mol. The van der Waals surface area contributed by atoms with E-state index in [4.69, 9.17) is 15.4 Å². The van der Waals surface area contributed by atoms with Gasteiger partial charge >= 0.3 is 12.1 Å². The summed E-state index contributed by atoms with van der Waals surface area (Å²) in [4.78, 5) is 53.3. The number of nitrogens with one attached hydrogen (secondary N) is 1. The van der Waals surface area contributed by atoms with E-state index in [0.29, 0.717) is 0 Å². The number of nitrogens with two attached hydrogens (primary N) is 1. The topological polar surface area (TPSA) is 198 Å². The van der Waals surface area contributed by atoms with Crippen LogP contribution < -0.4 is 11.1 Å². The lowest BCUT2D eigenvalue weighted by atomic mass is 10.0. The van der Waals surface area contributed by atoms with E-state index in [-0.39, 0.29) is 35.1 Å². The molecule has 32 heavy (non-hydrogen) atoms. The van der Waals surface area contributed by atoms with Crippen LogP contribution in [-0.2, 0) is 24.0 Å². The number of carboxylic acid groups (broad SMARTS) is 1. The molecule has 2 aliphatic rings. The number of primary amides is 1. The van der Waals surface area contributed by atoms with E-state index in [2.05, 4.69) is 20.0 Å². The Morgan fingerprint density at radius 3 is 2.72 bits per heavy atom. The number of aliphatic carboxylic acids is 1. The second kappa shape index (κ2) is 10.9. The van der Waals surface area contributed by atoms with Crippen LogP contribution in [0, 0.1) is 11.3 Å². The molecule has 2 atom stereocenters. The molecule has 0 radical (unpaired) electrons. The lowest BCUT2D eigenvalue weighted by molar-refractivity contribution is -0.150. The summed E-state index contributed by atoms with van der Waals surface area (Å²) in [6.07, 6.45) is 0.290. The SMILES string of the molecule is CC#N.CO/N=C(\C(=O)NC1C(=O)N2C(C(=O)O)=C(COC(N)=O)CSC12)c1ccco1. The first-order valence-electron chi connectivity index (χ1n) is 8.85. The van der Waals surface area contributed by atoms with Gasteiger partial charge in [-0.2, -0.15) is 5.26 Å². The molecule has 0 aliphatic carbocycles. The number of carboxylic acids is 1. The highest BCUT2D eigenvalue weighted by atomic mass is 32.2. The fourth-order valence-corrected chi connectivity index (χ4v) is 4.19. The number of hydrogen-bond donors (Lipinski definition) is 3. The van der Waals surface area contributed by atoms with Crippen LogP contribution in [0.25, 0.3) is 0 Å². The number of carbonyl (C=O) groups excluding carboxylic acids is 3. The van der Waals surface area contributed by atoms with Crippen molar-refractivity contribution in [2.24, 2.45) is 10.9 Å². The maximum atomic E-state index is 12.6. The molecule has 3 rings (SSSR count). The van der Waals surface area contributed by atoms with Gasteiger partial charge in [0.1, 0.15) is 30.8 Å². The summed E-state index contributed by atoms with van der Waals surface area (Å²) < 4.78 is 9.79. The second-order valence-electron chi connectivity index (χ2n) is 6.05. The first-order chi connectivity index (χ1) is 15.3. The molecule has 1 saturated heterocycles. The third kappa shape index (κ3) is 5.19. The van der Waals surface area contributed by atoms with E-state index in [1.807, 2.05) is 0 Å². The number of oxime groups is 1. The van der Waals surface area contributed by atoms with E-state index >= 15 is 0 Å². The number of fused-ring (bicyclic) bond motifs is 1. The lowest BCUT2D eigenvalue weighted by Gasteiger charge is -2.49. The van der Waals surface area contributed by atoms with Crippen molar-refractivity contribution in [3.8, 4) is 6.07 Å². The number of thioether (sulfide) groups is 1. The van der Waals surface area contributed by atoms with Crippen LogP contribution >= 0.6 is 11.8 Å². The van der Waals surface area contributed by atoms with Crippen molar-refractivity contribution in [1.82, 2.24) is 10.2 Å². The number of furan rings is 1.